The van der Waals surface area contributed by atoms with Crippen LogP contribution in [0.4, 0.5) is 9.18 Å². The van der Waals surface area contributed by atoms with Crippen LogP contribution in [0, 0.1) is 17.1 Å². The van der Waals surface area contributed by atoms with Crippen LogP contribution >= 0.6 is 0 Å². The second kappa shape index (κ2) is 10.3. The number of alkyl carbamates (subject to hydrolysis) is 1. The molecule has 2 rings (SSSR count). The van der Waals surface area contributed by atoms with Gasteiger partial charge in [-0.05, 0) is 29.7 Å². The van der Waals surface area contributed by atoms with Crippen LogP contribution in [0.1, 0.15) is 29.2 Å². The number of nitriles is 1. The van der Waals surface area contributed by atoms with Crippen molar-refractivity contribution in [3.8, 4) is 6.07 Å². The monoisotopic (exact) mass is 372 g/mol. The van der Waals surface area contributed by atoms with Crippen molar-refractivity contribution in [2.45, 2.75) is 31.7 Å². The van der Waals surface area contributed by atoms with Gasteiger partial charge in [0.1, 0.15) is 18.5 Å². The van der Waals surface area contributed by atoms with E-state index < -0.39 is 24.1 Å². The number of aliphatic hydroxyl groups is 2. The molecule has 0 aliphatic heterocycles. The third kappa shape index (κ3) is 6.37. The topological polar surface area (TPSA) is 103 Å². The summed E-state index contributed by atoms with van der Waals surface area (Å²) in [5.41, 5.74) is 1.31. The smallest absolute Gasteiger partial charge is 0.407 e. The van der Waals surface area contributed by atoms with Gasteiger partial charge in [0.2, 0.25) is 0 Å². The van der Waals surface area contributed by atoms with Gasteiger partial charge in [0.05, 0.1) is 18.6 Å². The van der Waals surface area contributed by atoms with Crippen molar-refractivity contribution in [2.75, 3.05) is 6.54 Å². The van der Waals surface area contributed by atoms with Gasteiger partial charge in [-0.3, -0.25) is 0 Å². The lowest BCUT2D eigenvalue weighted by Gasteiger charge is -2.19. The van der Waals surface area contributed by atoms with Gasteiger partial charge >= 0.3 is 6.09 Å². The van der Waals surface area contributed by atoms with Crippen LogP contribution in [-0.4, -0.2) is 29.0 Å². The summed E-state index contributed by atoms with van der Waals surface area (Å²) in [7, 11) is 0. The minimum atomic E-state index is -1.47. The average Bonchev–Trinajstić information content (AvgIpc) is 2.68. The molecule has 0 saturated heterocycles. The number of halogens is 1. The number of hydrogen-bond donors (Lipinski definition) is 3. The van der Waals surface area contributed by atoms with Crippen molar-refractivity contribution in [3.63, 3.8) is 0 Å². The maximum atomic E-state index is 13.9. The van der Waals surface area contributed by atoms with Crippen LogP contribution in [-0.2, 0) is 17.8 Å². The minimum Gasteiger partial charge on any atom is -0.445 e. The van der Waals surface area contributed by atoms with Gasteiger partial charge in [0, 0.05) is 12.1 Å². The molecule has 7 heteroatoms. The summed E-state index contributed by atoms with van der Waals surface area (Å²) >= 11 is 0. The summed E-state index contributed by atoms with van der Waals surface area (Å²) in [6, 6.07) is 15.1. The fraction of sp³-hybridized carbons (Fsp3) is 0.300. The molecule has 0 aromatic heterocycles. The zero-order valence-corrected chi connectivity index (χ0v) is 14.6. The molecule has 2 aromatic rings. The number of ether oxygens (including phenoxy) is 1. The second-order valence-electron chi connectivity index (χ2n) is 5.98. The summed E-state index contributed by atoms with van der Waals surface area (Å²) in [5.74, 6) is -0.668. The molecule has 0 spiro atoms. The average molecular weight is 372 g/mol. The molecule has 2 unspecified atom stereocenters. The van der Waals surface area contributed by atoms with Crippen LogP contribution in [0.25, 0.3) is 0 Å². The van der Waals surface area contributed by atoms with Crippen LogP contribution in [0.15, 0.2) is 48.5 Å². The highest BCUT2D eigenvalue weighted by molar-refractivity contribution is 5.67. The van der Waals surface area contributed by atoms with Gasteiger partial charge in [0.25, 0.3) is 0 Å². The number of amides is 1. The van der Waals surface area contributed by atoms with Crippen LogP contribution in [0.5, 0.6) is 0 Å². The maximum Gasteiger partial charge on any atom is 0.407 e. The van der Waals surface area contributed by atoms with E-state index in [1.807, 2.05) is 36.4 Å². The Morgan fingerprint density at radius 2 is 1.93 bits per heavy atom. The summed E-state index contributed by atoms with van der Waals surface area (Å²) < 4.78 is 18.9. The van der Waals surface area contributed by atoms with E-state index in [1.165, 1.54) is 12.1 Å². The molecule has 2 aromatic carbocycles. The number of benzene rings is 2. The number of rotatable bonds is 8. The number of carbonyl (C=O) groups excluding carboxylic acids is 1. The van der Waals surface area contributed by atoms with E-state index in [2.05, 4.69) is 5.32 Å². The molecule has 2 atom stereocenters. The Kier molecular flexibility index (Phi) is 7.74. The van der Waals surface area contributed by atoms with E-state index in [9.17, 15) is 19.4 Å². The number of hydrogen-bond acceptors (Lipinski definition) is 5. The molecular formula is C20H21FN2O4. The highest BCUT2D eigenvalue weighted by Crippen LogP contribution is 2.23. The first-order valence-electron chi connectivity index (χ1n) is 8.47. The first-order valence-corrected chi connectivity index (χ1v) is 8.47. The predicted molar refractivity (Wildman–Crippen MR) is 95.9 cm³/mol. The Balaban J connectivity index is 1.79. The van der Waals surface area contributed by atoms with E-state index in [0.717, 1.165) is 11.6 Å². The molecule has 0 radical (unpaired) electrons. The zero-order chi connectivity index (χ0) is 19.6. The Hall–Kier alpha value is -2.95. The first kappa shape index (κ1) is 20.4. The molecule has 1 amide bonds. The molecule has 27 heavy (non-hydrogen) atoms. The van der Waals surface area contributed by atoms with Gasteiger partial charge in [-0.25, -0.2) is 9.18 Å². The Bertz CT molecular complexity index is 792. The SMILES string of the molecule is N#CCc1ccc(F)c(C(O)C(O)CCNC(=O)OCc2ccccc2)c1. The largest absolute Gasteiger partial charge is 0.445 e. The number of nitrogens with one attached hydrogen (secondary N) is 1. The quantitative estimate of drug-likeness (QED) is 0.661. The van der Waals surface area contributed by atoms with Crippen molar-refractivity contribution < 1.29 is 24.1 Å². The van der Waals surface area contributed by atoms with Gasteiger partial charge in [-0.15, -0.1) is 0 Å². The lowest BCUT2D eigenvalue weighted by atomic mass is 9.98. The van der Waals surface area contributed by atoms with Crippen molar-refractivity contribution in [2.24, 2.45) is 0 Å². The molecule has 142 valence electrons. The summed E-state index contributed by atoms with van der Waals surface area (Å²) in [5, 5.41) is 31.4. The van der Waals surface area contributed by atoms with Crippen LogP contribution in [0.2, 0.25) is 0 Å². The molecule has 0 fully saturated rings. The number of carbonyl (C=O) groups is 1. The Morgan fingerprint density at radius 3 is 2.63 bits per heavy atom. The molecule has 0 aliphatic carbocycles. The molecule has 0 aliphatic rings. The molecule has 0 saturated carbocycles. The summed E-state index contributed by atoms with van der Waals surface area (Å²) in [6.45, 7) is 0.167. The molecule has 0 heterocycles. The van der Waals surface area contributed by atoms with Crippen molar-refractivity contribution in [3.05, 3.63) is 71.0 Å². The third-order valence-corrected chi connectivity index (χ3v) is 3.95. The van der Waals surface area contributed by atoms with Crippen molar-refractivity contribution in [1.82, 2.24) is 5.32 Å². The zero-order valence-electron chi connectivity index (χ0n) is 14.6. The van der Waals surface area contributed by atoms with E-state index in [0.29, 0.717) is 5.56 Å². The van der Waals surface area contributed by atoms with Crippen molar-refractivity contribution in [1.29, 1.82) is 5.26 Å². The maximum absolute atomic E-state index is 13.9. The molecule has 3 N–H and O–H groups in total. The molecule has 0 bridgehead atoms. The van der Waals surface area contributed by atoms with Gasteiger partial charge < -0.3 is 20.3 Å². The normalized spacial score (nSPS) is 12.7. The summed E-state index contributed by atoms with van der Waals surface area (Å²) in [6.07, 6.45) is -3.33. The van der Waals surface area contributed by atoms with Gasteiger partial charge in [-0.1, -0.05) is 36.4 Å². The second-order valence-corrected chi connectivity index (χ2v) is 5.98. The standard InChI is InChI=1S/C20H21FN2O4/c21-17-7-6-14(8-10-22)12-16(17)19(25)18(24)9-11-23-20(26)27-13-15-4-2-1-3-5-15/h1-7,12,18-19,24-25H,8-9,11,13H2,(H,23,26). The predicted octanol–water partition coefficient (Wildman–Crippen LogP) is 2.60. The van der Waals surface area contributed by atoms with Gasteiger partial charge in [-0.2, -0.15) is 5.26 Å². The Morgan fingerprint density at radius 1 is 1.19 bits per heavy atom. The van der Waals surface area contributed by atoms with Gasteiger partial charge in [0.15, 0.2) is 0 Å². The molecule has 6 nitrogen and oxygen atoms in total. The van der Waals surface area contributed by atoms with Crippen molar-refractivity contribution >= 4 is 6.09 Å². The fourth-order valence-corrected chi connectivity index (χ4v) is 2.48. The number of nitrogens with zero attached hydrogens (tertiary/aromatic N) is 1. The Labute approximate surface area is 156 Å². The summed E-state index contributed by atoms with van der Waals surface area (Å²) in [4.78, 5) is 11.6. The fourth-order valence-electron chi connectivity index (χ4n) is 2.48. The van der Waals surface area contributed by atoms with Crippen LogP contribution in [0.3, 0.4) is 0 Å². The van der Waals surface area contributed by atoms with E-state index in [-0.39, 0.29) is 31.6 Å². The highest BCUT2D eigenvalue weighted by atomic mass is 19.1. The third-order valence-electron chi connectivity index (χ3n) is 3.95. The number of aliphatic hydroxyl groups excluding tert-OH is 2. The first-order chi connectivity index (χ1) is 13.0. The minimum absolute atomic E-state index is 0.00349. The van der Waals surface area contributed by atoms with E-state index >= 15 is 0 Å². The lowest BCUT2D eigenvalue weighted by molar-refractivity contribution is 0.0116. The van der Waals surface area contributed by atoms with E-state index in [1.54, 1.807) is 0 Å². The molecular weight excluding hydrogens is 351 g/mol. The highest BCUT2D eigenvalue weighted by Gasteiger charge is 2.22. The van der Waals surface area contributed by atoms with Crippen LogP contribution < -0.4 is 5.32 Å². The van der Waals surface area contributed by atoms with E-state index in [4.69, 9.17) is 10.00 Å². The lowest BCUT2D eigenvalue weighted by Crippen LogP contribution is -2.30.